The van der Waals surface area contributed by atoms with Gasteiger partial charge in [0.05, 0.1) is 0 Å². The number of anilines is 1. The number of benzene rings is 1. The van der Waals surface area contributed by atoms with Crippen molar-refractivity contribution in [3.05, 3.63) is 29.6 Å². The van der Waals surface area contributed by atoms with Gasteiger partial charge >= 0.3 is 0 Å². The van der Waals surface area contributed by atoms with E-state index in [0.717, 1.165) is 31.4 Å². The van der Waals surface area contributed by atoms with E-state index in [1.807, 2.05) is 12.1 Å². The Morgan fingerprint density at radius 2 is 2.21 bits per heavy atom. The van der Waals surface area contributed by atoms with Gasteiger partial charge in [0.15, 0.2) is 0 Å². The summed E-state index contributed by atoms with van der Waals surface area (Å²) in [4.78, 5) is 12.2. The van der Waals surface area contributed by atoms with Crippen LogP contribution >= 0.6 is 11.3 Å². The number of hydrogen-bond donors (Lipinski definition) is 2. The molecule has 2 unspecified atom stereocenters. The van der Waals surface area contributed by atoms with Crippen LogP contribution in [0.4, 0.5) is 5.69 Å². The summed E-state index contributed by atoms with van der Waals surface area (Å²) in [6, 6.07) is 8.32. The van der Waals surface area contributed by atoms with E-state index in [0.29, 0.717) is 0 Å². The molecule has 1 heterocycles. The zero-order chi connectivity index (χ0) is 13.2. The van der Waals surface area contributed by atoms with E-state index in [-0.39, 0.29) is 17.9 Å². The van der Waals surface area contributed by atoms with Crippen LogP contribution in [0.1, 0.15) is 25.7 Å². The van der Waals surface area contributed by atoms with Crippen molar-refractivity contribution in [2.75, 3.05) is 5.32 Å². The summed E-state index contributed by atoms with van der Waals surface area (Å²) < 4.78 is 1.25. The number of fused-ring (bicyclic) bond motifs is 1. The second kappa shape index (κ2) is 5.31. The number of hydrogen-bond acceptors (Lipinski definition) is 3. The Morgan fingerprint density at radius 1 is 1.32 bits per heavy atom. The quantitative estimate of drug-likeness (QED) is 0.882. The molecule has 0 saturated heterocycles. The Hall–Kier alpha value is -1.39. The number of thiophene rings is 1. The third-order valence-electron chi connectivity index (χ3n) is 3.81. The Morgan fingerprint density at radius 3 is 3.05 bits per heavy atom. The molecule has 2 atom stereocenters. The average molecular weight is 274 g/mol. The fourth-order valence-electron chi connectivity index (χ4n) is 2.75. The van der Waals surface area contributed by atoms with Crippen LogP contribution in [0, 0.1) is 5.92 Å². The van der Waals surface area contributed by atoms with Gasteiger partial charge < -0.3 is 11.1 Å². The predicted octanol–water partition coefficient (Wildman–Crippen LogP) is 3.36. The molecule has 0 radical (unpaired) electrons. The van der Waals surface area contributed by atoms with Crippen LogP contribution in [-0.4, -0.2) is 11.9 Å². The van der Waals surface area contributed by atoms with Crippen LogP contribution in [0.2, 0.25) is 0 Å². The van der Waals surface area contributed by atoms with Crippen LogP contribution in [0.15, 0.2) is 29.6 Å². The van der Waals surface area contributed by atoms with Gasteiger partial charge in [-0.05, 0) is 54.3 Å². The maximum atomic E-state index is 12.2. The molecule has 1 aliphatic carbocycles. The molecule has 0 aliphatic heterocycles. The van der Waals surface area contributed by atoms with E-state index in [1.165, 1.54) is 10.1 Å². The molecule has 1 saturated carbocycles. The zero-order valence-electron chi connectivity index (χ0n) is 10.8. The minimum absolute atomic E-state index is 0.0712. The molecule has 3 N–H and O–H groups in total. The van der Waals surface area contributed by atoms with E-state index >= 15 is 0 Å². The fourth-order valence-corrected chi connectivity index (χ4v) is 3.53. The lowest BCUT2D eigenvalue weighted by molar-refractivity contribution is -0.120. The lowest BCUT2D eigenvalue weighted by atomic mass is 9.85. The van der Waals surface area contributed by atoms with Gasteiger partial charge in [-0.2, -0.15) is 0 Å². The van der Waals surface area contributed by atoms with Gasteiger partial charge in [-0.1, -0.05) is 6.42 Å². The second-order valence-corrected chi connectivity index (χ2v) is 6.23. The topological polar surface area (TPSA) is 55.1 Å². The molecular formula is C15H18N2OS. The van der Waals surface area contributed by atoms with Crippen LogP contribution in [0.25, 0.3) is 10.1 Å². The van der Waals surface area contributed by atoms with Crippen LogP contribution in [0.3, 0.4) is 0 Å². The molecule has 1 aliphatic rings. The number of rotatable bonds is 2. The van der Waals surface area contributed by atoms with E-state index < -0.39 is 0 Å². The Bertz CT molecular complexity index is 593. The van der Waals surface area contributed by atoms with Crippen molar-refractivity contribution in [3.8, 4) is 0 Å². The predicted molar refractivity (Wildman–Crippen MR) is 80.4 cm³/mol. The van der Waals surface area contributed by atoms with Gasteiger partial charge in [0.2, 0.25) is 5.91 Å². The highest BCUT2D eigenvalue weighted by Crippen LogP contribution is 2.27. The molecule has 2 aromatic rings. The van der Waals surface area contributed by atoms with Gasteiger partial charge in [0, 0.05) is 22.3 Å². The number of amides is 1. The first kappa shape index (κ1) is 12.6. The van der Waals surface area contributed by atoms with Crippen LogP contribution in [-0.2, 0) is 4.79 Å². The molecule has 0 spiro atoms. The van der Waals surface area contributed by atoms with Crippen molar-refractivity contribution >= 4 is 33.0 Å². The largest absolute Gasteiger partial charge is 0.328 e. The molecule has 1 amide bonds. The van der Waals surface area contributed by atoms with Crippen LogP contribution in [0.5, 0.6) is 0 Å². The van der Waals surface area contributed by atoms with Crippen molar-refractivity contribution in [2.45, 2.75) is 31.7 Å². The lowest BCUT2D eigenvalue weighted by Crippen LogP contribution is -2.34. The van der Waals surface area contributed by atoms with Gasteiger partial charge in [-0.25, -0.2) is 0 Å². The molecule has 100 valence electrons. The van der Waals surface area contributed by atoms with Crippen molar-refractivity contribution in [1.82, 2.24) is 0 Å². The summed E-state index contributed by atoms with van der Waals surface area (Å²) in [6.45, 7) is 0. The number of carbonyl (C=O) groups is 1. The monoisotopic (exact) mass is 274 g/mol. The van der Waals surface area contributed by atoms with Crippen LogP contribution < -0.4 is 11.1 Å². The van der Waals surface area contributed by atoms with Crippen molar-refractivity contribution in [3.63, 3.8) is 0 Å². The normalized spacial score (nSPS) is 23.4. The van der Waals surface area contributed by atoms with E-state index in [4.69, 9.17) is 5.73 Å². The maximum Gasteiger partial charge on any atom is 0.227 e. The Balaban J connectivity index is 1.71. The molecule has 0 bridgehead atoms. The summed E-state index contributed by atoms with van der Waals surface area (Å²) >= 11 is 1.71. The zero-order valence-corrected chi connectivity index (χ0v) is 11.6. The molecule has 19 heavy (non-hydrogen) atoms. The summed E-state index contributed by atoms with van der Waals surface area (Å²) in [5, 5.41) is 6.27. The molecule has 3 nitrogen and oxygen atoms in total. The number of nitrogens with two attached hydrogens (primary N) is 1. The highest BCUT2D eigenvalue weighted by molar-refractivity contribution is 7.17. The van der Waals surface area contributed by atoms with Gasteiger partial charge in [-0.3, -0.25) is 4.79 Å². The van der Waals surface area contributed by atoms with Crippen molar-refractivity contribution < 1.29 is 4.79 Å². The van der Waals surface area contributed by atoms with E-state index in [1.54, 1.807) is 11.3 Å². The van der Waals surface area contributed by atoms with E-state index in [9.17, 15) is 4.79 Å². The Labute approximate surface area is 116 Å². The van der Waals surface area contributed by atoms with E-state index in [2.05, 4.69) is 22.8 Å². The number of carbonyl (C=O) groups excluding carboxylic acids is 1. The van der Waals surface area contributed by atoms with Crippen molar-refractivity contribution in [1.29, 1.82) is 0 Å². The Kier molecular flexibility index (Phi) is 3.53. The molecule has 1 aromatic heterocycles. The molecule has 4 heteroatoms. The molecule has 1 aromatic carbocycles. The summed E-state index contributed by atoms with van der Waals surface area (Å²) in [5.74, 6) is 0.187. The lowest BCUT2D eigenvalue weighted by Gasteiger charge is -2.25. The van der Waals surface area contributed by atoms with Gasteiger partial charge in [0.1, 0.15) is 0 Å². The summed E-state index contributed by atoms with van der Waals surface area (Å²) in [5.41, 5.74) is 6.82. The van der Waals surface area contributed by atoms with Gasteiger partial charge in [-0.15, -0.1) is 11.3 Å². The first-order valence-corrected chi connectivity index (χ1v) is 7.64. The number of nitrogens with one attached hydrogen (secondary N) is 1. The maximum absolute atomic E-state index is 12.2. The third kappa shape index (κ3) is 2.80. The highest BCUT2D eigenvalue weighted by atomic mass is 32.1. The minimum Gasteiger partial charge on any atom is -0.328 e. The van der Waals surface area contributed by atoms with Gasteiger partial charge in [0.25, 0.3) is 0 Å². The summed E-state index contributed by atoms with van der Waals surface area (Å²) in [7, 11) is 0. The molecule has 3 rings (SSSR count). The fraction of sp³-hybridized carbons (Fsp3) is 0.400. The first-order valence-electron chi connectivity index (χ1n) is 6.76. The standard InChI is InChI=1S/C15H18N2OS/c16-12-3-1-2-11(8-12)15(18)17-13-4-5-14-10(9-13)6-7-19-14/h4-7,9,11-12H,1-3,8,16H2,(H,17,18). The highest BCUT2D eigenvalue weighted by Gasteiger charge is 2.25. The SMILES string of the molecule is NC1CCCC(C(=O)Nc2ccc3sccc3c2)C1. The molecule has 1 fully saturated rings. The summed E-state index contributed by atoms with van der Waals surface area (Å²) in [6.07, 6.45) is 3.88. The second-order valence-electron chi connectivity index (χ2n) is 5.29. The average Bonchev–Trinajstić information content (AvgIpc) is 2.86. The van der Waals surface area contributed by atoms with Crippen molar-refractivity contribution in [2.24, 2.45) is 11.7 Å². The molecular weight excluding hydrogens is 256 g/mol. The third-order valence-corrected chi connectivity index (χ3v) is 4.70. The first-order chi connectivity index (χ1) is 9.22. The smallest absolute Gasteiger partial charge is 0.227 e. The minimum atomic E-state index is 0.0712.